The molecule has 3 aliphatic rings. The van der Waals surface area contributed by atoms with Crippen molar-refractivity contribution in [1.29, 1.82) is 0 Å². The molecule has 224 valence electrons. The van der Waals surface area contributed by atoms with Gasteiger partial charge in [0.15, 0.2) is 0 Å². The van der Waals surface area contributed by atoms with Gasteiger partial charge in [0.05, 0.1) is 12.1 Å². The Kier molecular flexibility index (Phi) is 7.14. The molecule has 6 nitrogen and oxygen atoms in total. The zero-order valence-electron chi connectivity index (χ0n) is 23.8. The van der Waals surface area contributed by atoms with Crippen LogP contribution in [-0.2, 0) is 19.8 Å². The molecule has 1 aliphatic carbocycles. The summed E-state index contributed by atoms with van der Waals surface area (Å²) < 4.78 is 73.3. The number of amides is 1. The maximum Gasteiger partial charge on any atom is 0.416 e. The van der Waals surface area contributed by atoms with Crippen molar-refractivity contribution in [2.24, 2.45) is 18.9 Å². The Morgan fingerprint density at radius 2 is 1.86 bits per heavy atom. The van der Waals surface area contributed by atoms with Crippen LogP contribution in [0.3, 0.4) is 0 Å². The van der Waals surface area contributed by atoms with Gasteiger partial charge in [-0.2, -0.15) is 13.2 Å². The zero-order chi connectivity index (χ0) is 30.0. The predicted molar refractivity (Wildman–Crippen MR) is 147 cm³/mol. The quantitative estimate of drug-likeness (QED) is 0.293. The van der Waals surface area contributed by atoms with Crippen molar-refractivity contribution in [1.82, 2.24) is 19.7 Å². The van der Waals surface area contributed by atoms with Crippen molar-refractivity contribution >= 4 is 11.6 Å². The number of halogens is 5. The van der Waals surface area contributed by atoms with E-state index < -0.39 is 35.5 Å². The fraction of sp³-hybridized carbons (Fsp3) is 0.516. The summed E-state index contributed by atoms with van der Waals surface area (Å²) in [6, 6.07) is 9.48. The summed E-state index contributed by atoms with van der Waals surface area (Å²) in [6.45, 7) is 3.10. The maximum absolute atomic E-state index is 14.4. The van der Waals surface area contributed by atoms with E-state index in [0.717, 1.165) is 36.7 Å². The van der Waals surface area contributed by atoms with E-state index in [1.165, 1.54) is 17.9 Å². The van der Waals surface area contributed by atoms with Gasteiger partial charge in [0, 0.05) is 55.7 Å². The molecule has 0 radical (unpaired) electrons. The standard InChI is InChI=1S/C31H34F5N5O/c1-18-15-40(11-10-30(18,32)33)19(2)22-13-24-25(26(14-22)31(34,35)36)16-41(29(24)42)23-9-5-8-21(12-23)27(20-6-4-7-20)28-38-37-17-39(28)3/h5,8-9,12-14,17-20,27H,4,6-7,10-11,15-16H2,1-3H3/t18-,19?,27?/m1/s1. The third-order valence-corrected chi connectivity index (χ3v) is 9.55. The van der Waals surface area contributed by atoms with E-state index in [1.54, 1.807) is 24.2 Å². The Bertz CT molecular complexity index is 1500. The van der Waals surface area contributed by atoms with E-state index in [0.29, 0.717) is 17.2 Å². The zero-order valence-corrected chi connectivity index (χ0v) is 23.8. The molecule has 1 aromatic heterocycles. The van der Waals surface area contributed by atoms with Crippen LogP contribution >= 0.6 is 0 Å². The summed E-state index contributed by atoms with van der Waals surface area (Å²) in [5.74, 6) is -3.08. The Morgan fingerprint density at radius 1 is 1.10 bits per heavy atom. The highest BCUT2D eigenvalue weighted by Gasteiger charge is 2.44. The molecule has 1 amide bonds. The van der Waals surface area contributed by atoms with Crippen LogP contribution in [0.5, 0.6) is 0 Å². The number of nitrogens with zero attached hydrogens (tertiary/aromatic N) is 5. The SMILES string of the molecule is CC(c1cc2c(c(C(F)(F)F)c1)CN(c1cccc(C(c3nncn3C)C3CCC3)c1)C2=O)N1CCC(F)(F)[C@H](C)C1. The van der Waals surface area contributed by atoms with Crippen LogP contribution in [0.1, 0.15) is 89.9 Å². The smallest absolute Gasteiger partial charge is 0.320 e. The molecule has 0 spiro atoms. The van der Waals surface area contributed by atoms with E-state index in [9.17, 15) is 26.7 Å². The van der Waals surface area contributed by atoms with Crippen molar-refractivity contribution < 1.29 is 26.7 Å². The lowest BCUT2D eigenvalue weighted by Crippen LogP contribution is -2.46. The first-order valence-electron chi connectivity index (χ1n) is 14.5. The van der Waals surface area contributed by atoms with Crippen LogP contribution in [-0.4, -0.2) is 44.6 Å². The Labute approximate surface area is 241 Å². The molecule has 2 aliphatic heterocycles. The summed E-state index contributed by atoms with van der Waals surface area (Å²) in [7, 11) is 1.89. The minimum atomic E-state index is -4.68. The number of hydrogen-bond donors (Lipinski definition) is 0. The predicted octanol–water partition coefficient (Wildman–Crippen LogP) is 6.96. The minimum absolute atomic E-state index is 0.0105. The molecule has 11 heteroatoms. The van der Waals surface area contributed by atoms with Crippen LogP contribution in [0.2, 0.25) is 0 Å². The third-order valence-electron chi connectivity index (χ3n) is 9.55. The second-order valence-electron chi connectivity index (χ2n) is 12.1. The number of anilines is 1. The number of hydrogen-bond acceptors (Lipinski definition) is 4. The molecule has 6 rings (SSSR count). The van der Waals surface area contributed by atoms with Gasteiger partial charge in [0.25, 0.3) is 11.8 Å². The summed E-state index contributed by atoms with van der Waals surface area (Å²) >= 11 is 0. The van der Waals surface area contributed by atoms with Crippen LogP contribution in [0.4, 0.5) is 27.6 Å². The number of fused-ring (bicyclic) bond motifs is 1. The Morgan fingerprint density at radius 3 is 2.48 bits per heavy atom. The molecule has 0 N–H and O–H groups in total. The number of carbonyl (C=O) groups excluding carboxylic acids is 1. The molecule has 1 saturated carbocycles. The van der Waals surface area contributed by atoms with Gasteiger partial charge >= 0.3 is 6.18 Å². The van der Waals surface area contributed by atoms with Gasteiger partial charge in [-0.1, -0.05) is 25.5 Å². The lowest BCUT2D eigenvalue weighted by Gasteiger charge is -2.40. The maximum atomic E-state index is 14.4. The number of carbonyl (C=O) groups is 1. The van der Waals surface area contributed by atoms with Crippen molar-refractivity contribution in [2.45, 2.75) is 70.1 Å². The molecule has 42 heavy (non-hydrogen) atoms. The highest BCUT2D eigenvalue weighted by molar-refractivity contribution is 6.10. The van der Waals surface area contributed by atoms with E-state index >= 15 is 0 Å². The molecule has 3 atom stereocenters. The van der Waals surface area contributed by atoms with Gasteiger partial charge in [-0.3, -0.25) is 9.69 Å². The van der Waals surface area contributed by atoms with E-state index in [4.69, 9.17) is 0 Å². The van der Waals surface area contributed by atoms with Crippen LogP contribution < -0.4 is 4.90 Å². The van der Waals surface area contributed by atoms with Gasteiger partial charge in [0.1, 0.15) is 12.2 Å². The third kappa shape index (κ3) is 4.99. The number of benzene rings is 2. The van der Waals surface area contributed by atoms with E-state index in [1.807, 2.05) is 29.8 Å². The van der Waals surface area contributed by atoms with Gasteiger partial charge < -0.3 is 9.47 Å². The van der Waals surface area contributed by atoms with Gasteiger partial charge in [0.2, 0.25) is 0 Å². The summed E-state index contributed by atoms with van der Waals surface area (Å²) in [6.07, 6.45) is -0.176. The Balaban J connectivity index is 1.34. The molecule has 2 aromatic carbocycles. The molecular formula is C31H34F5N5O. The van der Waals surface area contributed by atoms with Crippen molar-refractivity contribution in [2.75, 3.05) is 18.0 Å². The molecule has 2 fully saturated rings. The highest BCUT2D eigenvalue weighted by Crippen LogP contribution is 2.45. The minimum Gasteiger partial charge on any atom is -0.320 e. The number of rotatable bonds is 6. The number of likely N-dealkylation sites (tertiary alicyclic amines) is 1. The summed E-state index contributed by atoms with van der Waals surface area (Å²) in [5.41, 5.74) is 0.867. The first-order valence-corrected chi connectivity index (χ1v) is 14.5. The van der Waals surface area contributed by atoms with E-state index in [-0.39, 0.29) is 43.1 Å². The second kappa shape index (κ2) is 10.4. The molecule has 1 saturated heterocycles. The summed E-state index contributed by atoms with van der Waals surface area (Å²) in [4.78, 5) is 16.9. The molecule has 0 bridgehead atoms. The normalized spacial score (nSPS) is 22.6. The highest BCUT2D eigenvalue weighted by atomic mass is 19.4. The number of aromatic nitrogens is 3. The van der Waals surface area contributed by atoms with Gasteiger partial charge in [-0.05, 0) is 66.6 Å². The van der Waals surface area contributed by atoms with Crippen LogP contribution in [0.15, 0.2) is 42.7 Å². The van der Waals surface area contributed by atoms with Crippen molar-refractivity contribution in [3.8, 4) is 0 Å². The van der Waals surface area contributed by atoms with Crippen LogP contribution in [0.25, 0.3) is 0 Å². The van der Waals surface area contributed by atoms with Crippen molar-refractivity contribution in [3.05, 3.63) is 76.4 Å². The number of aryl methyl sites for hydroxylation is 1. The lowest BCUT2D eigenvalue weighted by atomic mass is 9.72. The van der Waals surface area contributed by atoms with Gasteiger partial charge in [-0.15, -0.1) is 10.2 Å². The molecular weight excluding hydrogens is 553 g/mol. The van der Waals surface area contributed by atoms with Gasteiger partial charge in [-0.25, -0.2) is 8.78 Å². The summed E-state index contributed by atoms with van der Waals surface area (Å²) in [5, 5.41) is 8.40. The molecule has 2 unspecified atom stereocenters. The number of piperidine rings is 1. The molecule has 3 aromatic rings. The fourth-order valence-corrected chi connectivity index (χ4v) is 6.68. The fourth-order valence-electron chi connectivity index (χ4n) is 6.68. The van der Waals surface area contributed by atoms with Crippen LogP contribution in [0, 0.1) is 11.8 Å². The molecule has 3 heterocycles. The largest absolute Gasteiger partial charge is 0.416 e. The lowest BCUT2D eigenvalue weighted by molar-refractivity contribution is -0.138. The van der Waals surface area contributed by atoms with E-state index in [2.05, 4.69) is 10.2 Å². The van der Waals surface area contributed by atoms with Crippen molar-refractivity contribution in [3.63, 3.8) is 0 Å². The monoisotopic (exact) mass is 587 g/mol. The second-order valence-corrected chi connectivity index (χ2v) is 12.1. The first-order chi connectivity index (χ1) is 19.8. The average Bonchev–Trinajstić information content (AvgIpc) is 3.48. The topological polar surface area (TPSA) is 54.3 Å². The Hall–Kier alpha value is -3.34. The number of alkyl halides is 5. The first kappa shape index (κ1) is 28.8. The average molecular weight is 588 g/mol.